The first kappa shape index (κ1) is 11.3. The van der Waals surface area contributed by atoms with Crippen LogP contribution in [0.15, 0.2) is 0 Å². The van der Waals surface area contributed by atoms with E-state index < -0.39 is 5.60 Å². The van der Waals surface area contributed by atoms with E-state index in [4.69, 9.17) is 4.74 Å². The van der Waals surface area contributed by atoms with E-state index in [1.807, 2.05) is 0 Å². The van der Waals surface area contributed by atoms with Crippen LogP contribution in [0.25, 0.3) is 0 Å². The largest absolute Gasteiger partial charge is 0.392 e. The molecule has 0 amide bonds. The number of hydrogen-bond donors (Lipinski definition) is 3. The summed E-state index contributed by atoms with van der Waals surface area (Å²) in [6, 6.07) is 0.156. The highest BCUT2D eigenvalue weighted by Crippen LogP contribution is 2.21. The Morgan fingerprint density at radius 1 is 1.33 bits per heavy atom. The average molecular weight is 215 g/mol. The molecule has 4 heteroatoms. The second kappa shape index (κ2) is 4.78. The van der Waals surface area contributed by atoms with Gasteiger partial charge < -0.3 is 20.3 Å². The lowest BCUT2D eigenvalue weighted by Gasteiger charge is -2.31. The Bertz CT molecular complexity index is 204. The maximum Gasteiger partial charge on any atom is 0.103 e. The summed E-state index contributed by atoms with van der Waals surface area (Å²) in [7, 11) is 0. The SMILES string of the molecule is O[C@@H]1CCCC[C@H]1NCC1(O)CCOC1. The van der Waals surface area contributed by atoms with Crippen LogP contribution < -0.4 is 5.32 Å². The lowest BCUT2D eigenvalue weighted by Crippen LogP contribution is -2.49. The zero-order valence-corrected chi connectivity index (χ0v) is 9.11. The van der Waals surface area contributed by atoms with Crippen LogP contribution in [0, 0.1) is 0 Å². The first-order chi connectivity index (χ1) is 7.20. The molecule has 0 aromatic heterocycles. The summed E-state index contributed by atoms with van der Waals surface area (Å²) in [6.45, 7) is 1.60. The average Bonchev–Trinajstić information content (AvgIpc) is 2.65. The Balaban J connectivity index is 1.76. The molecule has 3 N–H and O–H groups in total. The fraction of sp³-hybridized carbons (Fsp3) is 1.00. The molecule has 3 atom stereocenters. The van der Waals surface area contributed by atoms with Crippen molar-refractivity contribution >= 4 is 0 Å². The molecule has 1 unspecified atom stereocenters. The van der Waals surface area contributed by atoms with Crippen molar-refractivity contribution in [2.75, 3.05) is 19.8 Å². The lowest BCUT2D eigenvalue weighted by molar-refractivity contribution is 0.0141. The number of aliphatic hydroxyl groups excluding tert-OH is 1. The number of hydrogen-bond acceptors (Lipinski definition) is 4. The van der Waals surface area contributed by atoms with Crippen molar-refractivity contribution in [1.82, 2.24) is 5.32 Å². The highest BCUT2D eigenvalue weighted by molar-refractivity contribution is 4.88. The van der Waals surface area contributed by atoms with Gasteiger partial charge in [0.25, 0.3) is 0 Å². The van der Waals surface area contributed by atoms with Gasteiger partial charge in [0.1, 0.15) is 5.60 Å². The quantitative estimate of drug-likeness (QED) is 0.621. The Kier molecular flexibility index (Phi) is 3.61. The minimum absolute atomic E-state index is 0.156. The van der Waals surface area contributed by atoms with Gasteiger partial charge in [-0.15, -0.1) is 0 Å². The van der Waals surface area contributed by atoms with Gasteiger partial charge in [-0.3, -0.25) is 0 Å². The zero-order valence-electron chi connectivity index (χ0n) is 9.11. The third-order valence-electron chi connectivity index (χ3n) is 3.51. The van der Waals surface area contributed by atoms with E-state index in [0.29, 0.717) is 26.2 Å². The summed E-state index contributed by atoms with van der Waals surface area (Å²) in [5.41, 5.74) is -0.711. The molecule has 0 radical (unpaired) electrons. The van der Waals surface area contributed by atoms with E-state index >= 15 is 0 Å². The predicted octanol–water partition coefficient (Wildman–Crippen LogP) is 0.0309. The van der Waals surface area contributed by atoms with Crippen LogP contribution in [0.4, 0.5) is 0 Å². The first-order valence-corrected chi connectivity index (χ1v) is 5.91. The van der Waals surface area contributed by atoms with Crippen LogP contribution in [0.5, 0.6) is 0 Å². The van der Waals surface area contributed by atoms with Crippen molar-refractivity contribution in [3.05, 3.63) is 0 Å². The van der Waals surface area contributed by atoms with E-state index in [2.05, 4.69) is 5.32 Å². The Morgan fingerprint density at radius 3 is 2.80 bits per heavy atom. The van der Waals surface area contributed by atoms with Gasteiger partial charge in [-0.1, -0.05) is 12.8 Å². The number of nitrogens with one attached hydrogen (secondary N) is 1. The van der Waals surface area contributed by atoms with Crippen molar-refractivity contribution in [3.63, 3.8) is 0 Å². The zero-order chi connectivity index (χ0) is 10.7. The highest BCUT2D eigenvalue weighted by atomic mass is 16.5. The molecule has 2 fully saturated rings. The smallest absolute Gasteiger partial charge is 0.103 e. The molecule has 0 aromatic rings. The van der Waals surface area contributed by atoms with Gasteiger partial charge >= 0.3 is 0 Å². The van der Waals surface area contributed by atoms with Gasteiger partial charge in [-0.05, 0) is 12.8 Å². The normalized spacial score (nSPS) is 42.0. The molecule has 88 valence electrons. The minimum atomic E-state index is -0.711. The predicted molar refractivity (Wildman–Crippen MR) is 56.7 cm³/mol. The topological polar surface area (TPSA) is 61.7 Å². The molecule has 15 heavy (non-hydrogen) atoms. The van der Waals surface area contributed by atoms with E-state index in [9.17, 15) is 10.2 Å². The molecule has 1 saturated carbocycles. The monoisotopic (exact) mass is 215 g/mol. The van der Waals surface area contributed by atoms with Gasteiger partial charge in [0.2, 0.25) is 0 Å². The van der Waals surface area contributed by atoms with Gasteiger partial charge in [0.05, 0.1) is 12.7 Å². The fourth-order valence-electron chi connectivity index (χ4n) is 2.41. The van der Waals surface area contributed by atoms with Gasteiger partial charge in [0.15, 0.2) is 0 Å². The van der Waals surface area contributed by atoms with Crippen LogP contribution in [0.2, 0.25) is 0 Å². The summed E-state index contributed by atoms with van der Waals surface area (Å²) < 4.78 is 5.17. The molecule has 0 spiro atoms. The summed E-state index contributed by atoms with van der Waals surface area (Å²) in [6.07, 6.45) is 4.63. The van der Waals surface area contributed by atoms with E-state index in [1.165, 1.54) is 6.42 Å². The Hall–Kier alpha value is -0.160. The summed E-state index contributed by atoms with van der Waals surface area (Å²) in [5, 5.41) is 23.1. The molecule has 4 nitrogen and oxygen atoms in total. The molecular formula is C11H21NO3. The summed E-state index contributed by atoms with van der Waals surface area (Å²) >= 11 is 0. The first-order valence-electron chi connectivity index (χ1n) is 5.91. The standard InChI is InChI=1S/C11H21NO3/c13-10-4-2-1-3-9(10)12-7-11(14)5-6-15-8-11/h9-10,12-14H,1-8H2/t9-,10-,11?/m1/s1. The van der Waals surface area contributed by atoms with Crippen LogP contribution in [0.3, 0.4) is 0 Å². The van der Waals surface area contributed by atoms with Crippen molar-refractivity contribution in [2.45, 2.75) is 49.9 Å². The maximum absolute atomic E-state index is 10.0. The Labute approximate surface area is 90.6 Å². The number of rotatable bonds is 3. The second-order valence-electron chi connectivity index (χ2n) is 4.87. The van der Waals surface area contributed by atoms with E-state index in [-0.39, 0.29) is 12.1 Å². The van der Waals surface area contributed by atoms with Crippen LogP contribution in [0.1, 0.15) is 32.1 Å². The van der Waals surface area contributed by atoms with Crippen LogP contribution in [-0.4, -0.2) is 47.7 Å². The van der Waals surface area contributed by atoms with Crippen LogP contribution in [-0.2, 0) is 4.74 Å². The fourth-order valence-corrected chi connectivity index (χ4v) is 2.41. The molecule has 1 heterocycles. The Morgan fingerprint density at radius 2 is 2.13 bits per heavy atom. The highest BCUT2D eigenvalue weighted by Gasteiger charge is 2.33. The van der Waals surface area contributed by atoms with E-state index in [1.54, 1.807) is 0 Å². The summed E-state index contributed by atoms with van der Waals surface area (Å²) in [5.74, 6) is 0. The van der Waals surface area contributed by atoms with Crippen molar-refractivity contribution < 1.29 is 14.9 Å². The molecule has 2 rings (SSSR count). The molecule has 1 aliphatic carbocycles. The summed E-state index contributed by atoms with van der Waals surface area (Å²) in [4.78, 5) is 0. The molecule has 0 aromatic carbocycles. The molecule has 1 aliphatic heterocycles. The molecule has 2 aliphatic rings. The van der Waals surface area contributed by atoms with Gasteiger partial charge in [0, 0.05) is 25.6 Å². The van der Waals surface area contributed by atoms with E-state index in [0.717, 1.165) is 19.3 Å². The molecule has 1 saturated heterocycles. The van der Waals surface area contributed by atoms with Crippen molar-refractivity contribution in [2.24, 2.45) is 0 Å². The number of ether oxygens (including phenoxy) is 1. The van der Waals surface area contributed by atoms with Gasteiger partial charge in [-0.25, -0.2) is 0 Å². The van der Waals surface area contributed by atoms with Gasteiger partial charge in [-0.2, -0.15) is 0 Å². The van der Waals surface area contributed by atoms with Crippen molar-refractivity contribution in [1.29, 1.82) is 0 Å². The third kappa shape index (κ3) is 2.91. The van der Waals surface area contributed by atoms with Crippen molar-refractivity contribution in [3.8, 4) is 0 Å². The molecule has 0 bridgehead atoms. The third-order valence-corrected chi connectivity index (χ3v) is 3.51. The van der Waals surface area contributed by atoms with Crippen LogP contribution >= 0.6 is 0 Å². The maximum atomic E-state index is 10.0. The molecular weight excluding hydrogens is 194 g/mol. The number of aliphatic hydroxyl groups is 2. The minimum Gasteiger partial charge on any atom is -0.392 e. The second-order valence-corrected chi connectivity index (χ2v) is 4.87. The lowest BCUT2D eigenvalue weighted by atomic mass is 9.92.